The smallest absolute Gasteiger partial charge is 0.303 e. The van der Waals surface area contributed by atoms with Crippen molar-refractivity contribution in [3.63, 3.8) is 0 Å². The summed E-state index contributed by atoms with van der Waals surface area (Å²) in [6.45, 7) is 2.07. The molecule has 22 heavy (non-hydrogen) atoms. The molecule has 0 aromatic carbocycles. The van der Waals surface area contributed by atoms with Crippen LogP contribution in [0, 0.1) is 0 Å². The highest BCUT2D eigenvalue weighted by Crippen LogP contribution is 2.08. The van der Waals surface area contributed by atoms with E-state index in [4.69, 9.17) is 10.4 Å². The summed E-state index contributed by atoms with van der Waals surface area (Å²) in [7, 11) is 0. The molecule has 0 amide bonds. The van der Waals surface area contributed by atoms with Gasteiger partial charge in [0.15, 0.2) is 0 Å². The molecule has 0 aliphatic heterocycles. The third-order valence-corrected chi connectivity index (χ3v) is 3.24. The van der Waals surface area contributed by atoms with E-state index < -0.39 is 5.97 Å². The lowest BCUT2D eigenvalue weighted by atomic mass is 10.1. The minimum absolute atomic E-state index is 0.284. The van der Waals surface area contributed by atoms with Crippen molar-refractivity contribution in [1.29, 1.82) is 0 Å². The molecule has 0 bridgehead atoms. The number of carboxylic acid groups (broad SMARTS) is 1. The SMILES string of the molecule is CC/C=C\C[C@@H](/C=C\C=C\CCCCCCCC(=O)O)OO. The summed E-state index contributed by atoms with van der Waals surface area (Å²) < 4.78 is 0. The molecule has 0 heterocycles. The summed E-state index contributed by atoms with van der Waals surface area (Å²) >= 11 is 0. The van der Waals surface area contributed by atoms with Crippen molar-refractivity contribution in [2.45, 2.75) is 70.8 Å². The highest BCUT2D eigenvalue weighted by atomic mass is 17.1. The molecule has 0 rings (SSSR count). The molecular weight excluding hydrogens is 280 g/mol. The zero-order chi connectivity index (χ0) is 16.5. The van der Waals surface area contributed by atoms with Gasteiger partial charge in [-0.05, 0) is 32.1 Å². The first kappa shape index (κ1) is 20.6. The highest BCUT2D eigenvalue weighted by Gasteiger charge is 1.99. The average molecular weight is 310 g/mol. The van der Waals surface area contributed by atoms with Crippen LogP contribution in [-0.4, -0.2) is 22.4 Å². The predicted molar refractivity (Wildman–Crippen MR) is 89.8 cm³/mol. The molecule has 0 unspecified atom stereocenters. The van der Waals surface area contributed by atoms with E-state index in [1.807, 2.05) is 30.4 Å². The quantitative estimate of drug-likeness (QED) is 0.153. The first-order valence-electron chi connectivity index (χ1n) is 8.21. The van der Waals surface area contributed by atoms with E-state index in [-0.39, 0.29) is 12.5 Å². The summed E-state index contributed by atoms with van der Waals surface area (Å²) in [5.74, 6) is -0.704. The minimum Gasteiger partial charge on any atom is -0.481 e. The van der Waals surface area contributed by atoms with Crippen LogP contribution in [0.1, 0.15) is 64.7 Å². The van der Waals surface area contributed by atoms with Crippen molar-refractivity contribution in [2.75, 3.05) is 0 Å². The summed E-state index contributed by atoms with van der Waals surface area (Å²) in [5.41, 5.74) is 0. The largest absolute Gasteiger partial charge is 0.481 e. The van der Waals surface area contributed by atoms with Crippen LogP contribution in [0.15, 0.2) is 36.5 Å². The molecule has 0 aliphatic rings. The number of hydrogen-bond acceptors (Lipinski definition) is 3. The molecule has 0 fully saturated rings. The summed E-state index contributed by atoms with van der Waals surface area (Å²) in [4.78, 5) is 14.7. The predicted octanol–water partition coefficient (Wildman–Crippen LogP) is 5.13. The lowest BCUT2D eigenvalue weighted by molar-refractivity contribution is -0.264. The Morgan fingerprint density at radius 3 is 2.45 bits per heavy atom. The molecule has 126 valence electrons. The van der Waals surface area contributed by atoms with Crippen molar-refractivity contribution in [3.05, 3.63) is 36.5 Å². The van der Waals surface area contributed by atoms with Gasteiger partial charge >= 0.3 is 5.97 Å². The van der Waals surface area contributed by atoms with Gasteiger partial charge in [0, 0.05) is 6.42 Å². The van der Waals surface area contributed by atoms with E-state index in [9.17, 15) is 4.79 Å². The van der Waals surface area contributed by atoms with Gasteiger partial charge in [-0.15, -0.1) is 0 Å². The number of carbonyl (C=O) groups is 1. The monoisotopic (exact) mass is 310 g/mol. The highest BCUT2D eigenvalue weighted by molar-refractivity contribution is 5.66. The molecule has 4 nitrogen and oxygen atoms in total. The number of unbranched alkanes of at least 4 members (excludes halogenated alkanes) is 5. The van der Waals surface area contributed by atoms with Crippen molar-refractivity contribution in [1.82, 2.24) is 0 Å². The van der Waals surface area contributed by atoms with Crippen LogP contribution < -0.4 is 0 Å². The first-order valence-corrected chi connectivity index (χ1v) is 8.21. The lowest BCUT2D eigenvalue weighted by Crippen LogP contribution is -2.04. The van der Waals surface area contributed by atoms with Gasteiger partial charge < -0.3 is 5.11 Å². The van der Waals surface area contributed by atoms with Crippen LogP contribution in [0.25, 0.3) is 0 Å². The van der Waals surface area contributed by atoms with Crippen LogP contribution in [0.3, 0.4) is 0 Å². The fraction of sp³-hybridized carbons (Fsp3) is 0.611. The number of hydrogen-bond donors (Lipinski definition) is 2. The third-order valence-electron chi connectivity index (χ3n) is 3.24. The molecule has 4 heteroatoms. The van der Waals surface area contributed by atoms with Gasteiger partial charge in [-0.1, -0.05) is 62.6 Å². The van der Waals surface area contributed by atoms with Crippen LogP contribution in [-0.2, 0) is 9.68 Å². The van der Waals surface area contributed by atoms with E-state index in [2.05, 4.69) is 17.9 Å². The Labute approximate surface area is 134 Å². The Balaban J connectivity index is 3.57. The average Bonchev–Trinajstić information content (AvgIpc) is 2.50. The van der Waals surface area contributed by atoms with Crippen LogP contribution in [0.2, 0.25) is 0 Å². The van der Waals surface area contributed by atoms with Crippen molar-refractivity contribution in [2.24, 2.45) is 0 Å². The van der Waals surface area contributed by atoms with E-state index in [1.165, 1.54) is 0 Å². The van der Waals surface area contributed by atoms with E-state index in [1.54, 1.807) is 0 Å². The normalized spacial score (nSPS) is 13.5. The van der Waals surface area contributed by atoms with E-state index >= 15 is 0 Å². The van der Waals surface area contributed by atoms with Gasteiger partial charge in [0.1, 0.15) is 6.10 Å². The minimum atomic E-state index is -0.704. The Kier molecular flexibility index (Phi) is 15.0. The number of rotatable bonds is 14. The Bertz CT molecular complexity index is 345. The summed E-state index contributed by atoms with van der Waals surface area (Å²) in [6.07, 6.45) is 19.7. The van der Waals surface area contributed by atoms with Gasteiger partial charge in [-0.25, -0.2) is 4.89 Å². The molecule has 0 saturated heterocycles. The summed E-state index contributed by atoms with van der Waals surface area (Å²) in [6, 6.07) is 0. The molecular formula is C18H30O4. The molecule has 0 radical (unpaired) electrons. The Morgan fingerprint density at radius 1 is 1.05 bits per heavy atom. The standard InChI is InChI=1S/C18H30O4/c1-2-3-11-14-17(22-21)15-12-9-7-5-4-6-8-10-13-16-18(19)20/h3,7,9,11-12,15,17,21H,2,4-6,8,10,13-14,16H2,1H3,(H,19,20)/b9-7+,11-3-,15-12-/t17-/m0/s1. The maximum Gasteiger partial charge on any atom is 0.303 e. The first-order chi connectivity index (χ1) is 10.7. The fourth-order valence-electron chi connectivity index (χ4n) is 1.99. The van der Waals surface area contributed by atoms with Gasteiger partial charge in [-0.3, -0.25) is 10.1 Å². The lowest BCUT2D eigenvalue weighted by Gasteiger charge is -2.03. The second-order valence-corrected chi connectivity index (χ2v) is 5.27. The third kappa shape index (κ3) is 15.0. The van der Waals surface area contributed by atoms with Crippen molar-refractivity contribution in [3.8, 4) is 0 Å². The van der Waals surface area contributed by atoms with Gasteiger partial charge in [0.25, 0.3) is 0 Å². The van der Waals surface area contributed by atoms with Crippen LogP contribution in [0.4, 0.5) is 0 Å². The van der Waals surface area contributed by atoms with Gasteiger partial charge in [0.2, 0.25) is 0 Å². The maximum absolute atomic E-state index is 10.3. The van der Waals surface area contributed by atoms with Gasteiger partial charge in [0.05, 0.1) is 0 Å². The molecule has 1 atom stereocenters. The molecule has 0 aromatic rings. The molecule has 0 spiro atoms. The van der Waals surface area contributed by atoms with Crippen molar-refractivity contribution < 1.29 is 20.0 Å². The second-order valence-electron chi connectivity index (χ2n) is 5.27. The zero-order valence-electron chi connectivity index (χ0n) is 13.6. The molecule has 0 saturated carbocycles. The van der Waals surface area contributed by atoms with Crippen LogP contribution >= 0.6 is 0 Å². The number of aliphatic carboxylic acids is 1. The molecule has 2 N–H and O–H groups in total. The van der Waals surface area contributed by atoms with E-state index in [0.717, 1.165) is 44.9 Å². The Morgan fingerprint density at radius 2 is 1.77 bits per heavy atom. The Hall–Kier alpha value is -1.39. The maximum atomic E-state index is 10.3. The second kappa shape index (κ2) is 16.0. The number of carboxylic acids is 1. The van der Waals surface area contributed by atoms with E-state index in [0.29, 0.717) is 6.42 Å². The zero-order valence-corrected chi connectivity index (χ0v) is 13.6. The molecule has 0 aliphatic carbocycles. The van der Waals surface area contributed by atoms with Crippen LogP contribution in [0.5, 0.6) is 0 Å². The van der Waals surface area contributed by atoms with Crippen molar-refractivity contribution >= 4 is 5.97 Å². The molecule has 0 aromatic heterocycles. The topological polar surface area (TPSA) is 66.8 Å². The summed E-state index contributed by atoms with van der Waals surface area (Å²) in [5, 5.41) is 17.3. The van der Waals surface area contributed by atoms with Gasteiger partial charge in [-0.2, -0.15) is 0 Å². The fourth-order valence-corrected chi connectivity index (χ4v) is 1.99. The number of allylic oxidation sites excluding steroid dienone is 4.